The van der Waals surface area contributed by atoms with Gasteiger partial charge in [-0.3, -0.25) is 14.4 Å². The van der Waals surface area contributed by atoms with E-state index in [0.29, 0.717) is 29.8 Å². The number of benzene rings is 2. The van der Waals surface area contributed by atoms with Crippen LogP contribution in [0.25, 0.3) is 0 Å². The monoisotopic (exact) mass is 485 g/mol. The Bertz CT molecular complexity index is 1000. The van der Waals surface area contributed by atoms with E-state index in [4.69, 9.17) is 9.47 Å². The Hall–Kier alpha value is -2.67. The molecule has 2 aromatic rings. The molecule has 4 rings (SSSR count). The highest BCUT2D eigenvalue weighted by Crippen LogP contribution is 2.55. The van der Waals surface area contributed by atoms with Crippen molar-refractivity contribution >= 4 is 39.5 Å². The van der Waals surface area contributed by atoms with E-state index in [0.717, 1.165) is 23.7 Å². The van der Waals surface area contributed by atoms with Crippen molar-refractivity contribution in [2.24, 2.45) is 11.3 Å². The highest BCUT2D eigenvalue weighted by molar-refractivity contribution is 9.10. The summed E-state index contributed by atoms with van der Waals surface area (Å²) in [4.78, 5) is 39.7. The standard InChI is InChI=1S/C24H24BrNO5/c1-30-23(29)24(12-6-3-7-13-24)20-17-14-15(25)10-11-18(17)31-22(28)19(20)21(27)26-16-8-4-2-5-9-16/h2,4-5,8-11,14,19-20H,3,6-7,12-13H2,1H3,(H,26,27). The zero-order valence-electron chi connectivity index (χ0n) is 17.2. The van der Waals surface area contributed by atoms with Gasteiger partial charge in [-0.25, -0.2) is 0 Å². The molecule has 1 fully saturated rings. The summed E-state index contributed by atoms with van der Waals surface area (Å²) in [7, 11) is 1.36. The van der Waals surface area contributed by atoms with Crippen LogP contribution in [0.4, 0.5) is 5.69 Å². The number of methoxy groups -OCH3 is 1. The number of nitrogens with one attached hydrogen (secondary N) is 1. The second kappa shape index (κ2) is 8.83. The molecule has 1 heterocycles. The van der Waals surface area contributed by atoms with Crippen molar-refractivity contribution in [3.05, 3.63) is 58.6 Å². The Balaban J connectivity index is 1.84. The molecule has 0 radical (unpaired) electrons. The number of amides is 1. The van der Waals surface area contributed by atoms with Gasteiger partial charge in [-0.05, 0) is 43.2 Å². The van der Waals surface area contributed by atoms with Gasteiger partial charge in [0, 0.05) is 21.6 Å². The van der Waals surface area contributed by atoms with Crippen molar-refractivity contribution in [1.82, 2.24) is 0 Å². The van der Waals surface area contributed by atoms with Gasteiger partial charge in [-0.15, -0.1) is 0 Å². The van der Waals surface area contributed by atoms with Crippen LogP contribution in [0.1, 0.15) is 43.6 Å². The second-order valence-corrected chi connectivity index (χ2v) is 9.04. The Labute approximate surface area is 189 Å². The summed E-state index contributed by atoms with van der Waals surface area (Å²) < 4.78 is 11.6. The van der Waals surface area contributed by atoms with Crippen molar-refractivity contribution in [3.63, 3.8) is 0 Å². The lowest BCUT2D eigenvalue weighted by Gasteiger charge is -2.45. The number of hydrogen-bond acceptors (Lipinski definition) is 5. The molecule has 1 N–H and O–H groups in total. The fourth-order valence-corrected chi connectivity index (χ4v) is 5.37. The van der Waals surface area contributed by atoms with E-state index in [1.165, 1.54) is 7.11 Å². The maximum Gasteiger partial charge on any atom is 0.324 e. The number of halogens is 1. The van der Waals surface area contributed by atoms with Crippen LogP contribution in [0.15, 0.2) is 53.0 Å². The van der Waals surface area contributed by atoms with Crippen LogP contribution in [-0.2, 0) is 19.1 Å². The van der Waals surface area contributed by atoms with E-state index in [2.05, 4.69) is 21.2 Å². The summed E-state index contributed by atoms with van der Waals surface area (Å²) >= 11 is 3.48. The van der Waals surface area contributed by atoms with Gasteiger partial charge in [-0.2, -0.15) is 0 Å². The first kappa shape index (κ1) is 21.6. The first-order valence-electron chi connectivity index (χ1n) is 10.4. The van der Waals surface area contributed by atoms with Crippen molar-refractivity contribution in [2.75, 3.05) is 12.4 Å². The zero-order valence-corrected chi connectivity index (χ0v) is 18.8. The molecule has 1 aliphatic carbocycles. The molecule has 2 aromatic carbocycles. The molecule has 6 nitrogen and oxygen atoms in total. The molecule has 2 atom stereocenters. The number of anilines is 1. The summed E-state index contributed by atoms with van der Waals surface area (Å²) in [5, 5.41) is 2.83. The molecule has 0 saturated heterocycles. The van der Waals surface area contributed by atoms with Crippen molar-refractivity contribution in [1.29, 1.82) is 0 Å². The molecule has 2 unspecified atom stereocenters. The SMILES string of the molecule is COC(=O)C1(C2c3cc(Br)ccc3OC(=O)C2C(=O)Nc2ccccc2)CCCCC1. The third-order valence-corrected chi connectivity index (χ3v) is 6.85. The van der Waals surface area contributed by atoms with Crippen molar-refractivity contribution < 1.29 is 23.9 Å². The van der Waals surface area contributed by atoms with E-state index in [1.54, 1.807) is 36.4 Å². The summed E-state index contributed by atoms with van der Waals surface area (Å²) in [5.74, 6) is -2.98. The Morgan fingerprint density at radius 2 is 1.81 bits per heavy atom. The third kappa shape index (κ3) is 3.99. The molecule has 1 amide bonds. The zero-order chi connectivity index (χ0) is 22.0. The Morgan fingerprint density at radius 1 is 1.10 bits per heavy atom. The Morgan fingerprint density at radius 3 is 2.48 bits per heavy atom. The normalized spacial score (nSPS) is 22.1. The fraction of sp³-hybridized carbons (Fsp3) is 0.375. The molecule has 162 valence electrons. The van der Waals surface area contributed by atoms with E-state index in [-0.39, 0.29) is 5.97 Å². The van der Waals surface area contributed by atoms with Crippen LogP contribution in [0.2, 0.25) is 0 Å². The first-order chi connectivity index (χ1) is 15.0. The number of esters is 2. The van der Waals surface area contributed by atoms with Gasteiger partial charge in [0.1, 0.15) is 11.7 Å². The largest absolute Gasteiger partial charge is 0.469 e. The predicted octanol–water partition coefficient (Wildman–Crippen LogP) is 4.83. The van der Waals surface area contributed by atoms with Crippen LogP contribution < -0.4 is 10.1 Å². The average molecular weight is 486 g/mol. The van der Waals surface area contributed by atoms with Crippen LogP contribution in [0, 0.1) is 11.3 Å². The van der Waals surface area contributed by atoms with Gasteiger partial charge in [0.2, 0.25) is 5.91 Å². The number of fused-ring (bicyclic) bond motifs is 1. The highest BCUT2D eigenvalue weighted by Gasteiger charge is 2.57. The smallest absolute Gasteiger partial charge is 0.324 e. The van der Waals surface area contributed by atoms with Gasteiger partial charge in [0.15, 0.2) is 0 Å². The summed E-state index contributed by atoms with van der Waals surface area (Å²) in [6.07, 6.45) is 3.77. The van der Waals surface area contributed by atoms with E-state index < -0.39 is 29.1 Å². The quantitative estimate of drug-likeness (QED) is 0.381. The number of para-hydroxylation sites is 1. The van der Waals surface area contributed by atoms with Gasteiger partial charge in [0.05, 0.1) is 12.5 Å². The molecule has 2 aliphatic rings. The minimum atomic E-state index is -1.17. The molecule has 31 heavy (non-hydrogen) atoms. The number of carbonyl (C=O) groups excluding carboxylic acids is 3. The molecule has 1 saturated carbocycles. The highest BCUT2D eigenvalue weighted by atomic mass is 79.9. The first-order valence-corrected chi connectivity index (χ1v) is 11.2. The van der Waals surface area contributed by atoms with Gasteiger partial charge in [-0.1, -0.05) is 53.4 Å². The van der Waals surface area contributed by atoms with Crippen LogP contribution in [0.3, 0.4) is 0 Å². The molecular formula is C24H24BrNO5. The van der Waals surface area contributed by atoms with Gasteiger partial charge in [0.25, 0.3) is 0 Å². The summed E-state index contributed by atoms with van der Waals surface area (Å²) in [6, 6.07) is 14.3. The molecule has 7 heteroatoms. The molecule has 0 aromatic heterocycles. The van der Waals surface area contributed by atoms with E-state index in [9.17, 15) is 14.4 Å². The van der Waals surface area contributed by atoms with Gasteiger partial charge >= 0.3 is 11.9 Å². The lowest BCUT2D eigenvalue weighted by atomic mass is 9.59. The molecule has 1 aliphatic heterocycles. The fourth-order valence-electron chi connectivity index (χ4n) is 4.99. The molecule has 0 spiro atoms. The van der Waals surface area contributed by atoms with Crippen molar-refractivity contribution in [3.8, 4) is 5.75 Å². The number of ether oxygens (including phenoxy) is 2. The molecule has 0 bridgehead atoms. The predicted molar refractivity (Wildman–Crippen MR) is 119 cm³/mol. The second-order valence-electron chi connectivity index (χ2n) is 8.12. The summed E-state index contributed by atoms with van der Waals surface area (Å²) in [5.41, 5.74) is 0.282. The van der Waals surface area contributed by atoms with Crippen LogP contribution >= 0.6 is 15.9 Å². The lowest BCUT2D eigenvalue weighted by molar-refractivity contribution is -0.162. The van der Waals surface area contributed by atoms with Gasteiger partial charge < -0.3 is 14.8 Å². The Kier molecular flexibility index (Phi) is 6.14. The van der Waals surface area contributed by atoms with E-state index >= 15 is 0 Å². The number of hydrogen-bond donors (Lipinski definition) is 1. The average Bonchev–Trinajstić information content (AvgIpc) is 2.79. The van der Waals surface area contributed by atoms with Crippen LogP contribution in [0.5, 0.6) is 5.75 Å². The lowest BCUT2D eigenvalue weighted by Crippen LogP contribution is -2.51. The minimum Gasteiger partial charge on any atom is -0.469 e. The van der Waals surface area contributed by atoms with Crippen LogP contribution in [-0.4, -0.2) is 25.0 Å². The topological polar surface area (TPSA) is 81.7 Å². The maximum absolute atomic E-state index is 13.4. The third-order valence-electron chi connectivity index (χ3n) is 6.36. The minimum absolute atomic E-state index is 0.379. The number of rotatable bonds is 4. The molecular weight excluding hydrogens is 462 g/mol. The maximum atomic E-state index is 13.4. The number of carbonyl (C=O) groups is 3. The summed E-state index contributed by atoms with van der Waals surface area (Å²) in [6.45, 7) is 0. The van der Waals surface area contributed by atoms with Crippen molar-refractivity contribution in [2.45, 2.75) is 38.0 Å². The van der Waals surface area contributed by atoms with E-state index in [1.807, 2.05) is 12.1 Å².